The molecule has 0 aliphatic rings. The molecule has 0 aliphatic carbocycles. The number of hydrogen-bond donors (Lipinski definition) is 8. The molecule has 59 heavy (non-hydrogen) atoms. The number of anilines is 4. The lowest BCUT2D eigenvalue weighted by atomic mass is 10.1. The second kappa shape index (κ2) is 18.6. The smallest absolute Gasteiger partial charge is 0.339 e. The molecule has 0 spiro atoms. The summed E-state index contributed by atoms with van der Waals surface area (Å²) in [4.78, 5) is 80.0. The van der Waals surface area contributed by atoms with Gasteiger partial charge in [-0.25, -0.2) is 9.78 Å². The van der Waals surface area contributed by atoms with Crippen LogP contribution in [0.2, 0.25) is 5.15 Å². The van der Waals surface area contributed by atoms with E-state index in [1.807, 2.05) is 6.07 Å². The van der Waals surface area contributed by atoms with E-state index >= 15 is 0 Å². The minimum atomic E-state index is -1.43. The van der Waals surface area contributed by atoms with Gasteiger partial charge >= 0.3 is 5.97 Å². The van der Waals surface area contributed by atoms with Crippen LogP contribution in [0, 0.1) is 11.3 Å². The Hall–Kier alpha value is -8.17. The number of aromatic carboxylic acids is 1. The van der Waals surface area contributed by atoms with Gasteiger partial charge in [0.05, 0.1) is 49.2 Å². The Bertz CT molecular complexity index is 2490. The molecule has 0 unspecified atom stereocenters. The first-order valence-corrected chi connectivity index (χ1v) is 17.4. The number of carboxylic acids is 1. The van der Waals surface area contributed by atoms with Gasteiger partial charge in [-0.2, -0.15) is 5.26 Å². The van der Waals surface area contributed by atoms with E-state index in [-0.39, 0.29) is 62.4 Å². The van der Waals surface area contributed by atoms with Gasteiger partial charge in [0.1, 0.15) is 16.8 Å². The largest absolute Gasteiger partial charge is 0.504 e. The lowest BCUT2D eigenvalue weighted by Crippen LogP contribution is -2.43. The number of nitrogens with one attached hydrogen (secondary N) is 5. The number of carbonyl (C=O) groups is 6. The van der Waals surface area contributed by atoms with E-state index in [0.717, 1.165) is 13.2 Å². The molecule has 18 nitrogen and oxygen atoms in total. The number of phenolic OH excluding ortho intramolecular Hbond substituents is 1. The molecule has 0 aliphatic heterocycles. The molecule has 300 valence electrons. The van der Waals surface area contributed by atoms with Crippen molar-refractivity contribution in [3.05, 3.63) is 124 Å². The average Bonchev–Trinajstić information content (AvgIpc) is 3.21. The normalized spacial score (nSPS) is 10.9. The molecule has 0 fully saturated rings. The minimum Gasteiger partial charge on any atom is -0.504 e. The number of methoxy groups -OCH3 is 2. The molecule has 4 aromatic carbocycles. The number of carbonyl (C=O) groups excluding carboxylic acids is 5. The van der Waals surface area contributed by atoms with E-state index in [2.05, 4.69) is 31.6 Å². The Labute approximate surface area is 339 Å². The molecule has 19 heteroatoms. The number of benzene rings is 4. The molecule has 0 bridgehead atoms. The van der Waals surface area contributed by atoms with Gasteiger partial charge in [0, 0.05) is 28.7 Å². The highest BCUT2D eigenvalue weighted by Crippen LogP contribution is 2.40. The van der Waals surface area contributed by atoms with E-state index < -0.39 is 58.6 Å². The molecular formula is C40H32ClN7O11. The first kappa shape index (κ1) is 42.0. The molecule has 5 rings (SSSR count). The predicted octanol–water partition coefficient (Wildman–Crippen LogP) is 5.27. The first-order valence-electron chi connectivity index (χ1n) is 17.0. The Morgan fingerprint density at radius 2 is 1.15 bits per heavy atom. The van der Waals surface area contributed by atoms with Crippen molar-refractivity contribution >= 4 is 69.9 Å². The van der Waals surface area contributed by atoms with E-state index in [1.54, 1.807) is 0 Å². The third-order valence-corrected chi connectivity index (χ3v) is 8.59. The lowest BCUT2D eigenvalue weighted by molar-refractivity contribution is -0.117. The molecule has 8 N–H and O–H groups in total. The van der Waals surface area contributed by atoms with Crippen molar-refractivity contribution in [1.29, 1.82) is 5.26 Å². The van der Waals surface area contributed by atoms with Gasteiger partial charge in [-0.15, -0.1) is 0 Å². The zero-order valence-corrected chi connectivity index (χ0v) is 31.6. The van der Waals surface area contributed by atoms with E-state index in [4.69, 9.17) is 21.1 Å². The van der Waals surface area contributed by atoms with Crippen LogP contribution in [-0.4, -0.2) is 76.1 Å². The molecule has 0 saturated heterocycles. The van der Waals surface area contributed by atoms with Crippen LogP contribution in [-0.2, 0) is 4.79 Å². The van der Waals surface area contributed by atoms with Crippen molar-refractivity contribution in [2.75, 3.05) is 35.5 Å². The molecule has 1 aromatic heterocycles. The highest BCUT2D eigenvalue weighted by atomic mass is 35.5. The van der Waals surface area contributed by atoms with Gasteiger partial charge in [-0.3, -0.25) is 24.0 Å². The van der Waals surface area contributed by atoms with Crippen LogP contribution < -0.4 is 36.1 Å². The molecule has 5 aromatic rings. The highest BCUT2D eigenvalue weighted by Gasteiger charge is 2.25. The number of pyridine rings is 1. The van der Waals surface area contributed by atoms with Gasteiger partial charge in [0.25, 0.3) is 23.6 Å². The third-order valence-electron chi connectivity index (χ3n) is 8.37. The summed E-state index contributed by atoms with van der Waals surface area (Å²) in [6.45, 7) is 0. The molecule has 5 amide bonds. The minimum absolute atomic E-state index is 0.0186. The summed E-state index contributed by atoms with van der Waals surface area (Å²) in [5.41, 5.74) is 0.256. The Morgan fingerprint density at radius 3 is 1.68 bits per heavy atom. The summed E-state index contributed by atoms with van der Waals surface area (Å²) in [5.74, 6) is -6.78. The van der Waals surface area contributed by atoms with E-state index in [1.165, 1.54) is 92.2 Å². The number of hydrogen-bond acceptors (Lipinski definition) is 12. The van der Waals surface area contributed by atoms with Gasteiger partial charge < -0.3 is 51.4 Å². The van der Waals surface area contributed by atoms with Crippen molar-refractivity contribution in [2.45, 2.75) is 12.5 Å². The number of amides is 5. The standard InChI is InChI=1S/C40H32ClN7O11/c1-58-33-27(14-12-25(31(33)49)38(54)47-28-15-13-26(40(56)57)32(50)34(28)59-2)46-35(51)20-5-10-24(11-6-20)45-39(55)29(17-18-42)48-36(52)21-3-8-23(9-4-21)44-37(53)22-7-16-30(41)43-19-22/h3-16,19,29,49-50H,17H2,1-2H3,(H,44,53)(H,45,55)(H,46,51)(H,47,54)(H,48,52)(H,56,57)/t29-/m0/s1. The zero-order chi connectivity index (χ0) is 42.8. The number of rotatable bonds is 14. The molecule has 0 radical (unpaired) electrons. The van der Waals surface area contributed by atoms with Crippen molar-refractivity contribution in [1.82, 2.24) is 10.3 Å². The van der Waals surface area contributed by atoms with E-state index in [9.17, 15) is 49.3 Å². The number of nitriles is 1. The monoisotopic (exact) mass is 821 g/mol. The molecule has 0 saturated carbocycles. The summed E-state index contributed by atoms with van der Waals surface area (Å²) in [6.07, 6.45) is 0.947. The number of phenols is 2. The van der Waals surface area contributed by atoms with Crippen molar-refractivity contribution in [3.8, 4) is 29.1 Å². The molecule has 1 heterocycles. The summed E-state index contributed by atoms with van der Waals surface area (Å²) in [6, 6.07) is 19.7. The highest BCUT2D eigenvalue weighted by molar-refractivity contribution is 6.29. The Balaban J connectivity index is 1.19. The van der Waals surface area contributed by atoms with Crippen molar-refractivity contribution in [2.24, 2.45) is 0 Å². The number of halogens is 1. The first-order chi connectivity index (χ1) is 28.2. The molecular weight excluding hydrogens is 790 g/mol. The second-order valence-corrected chi connectivity index (χ2v) is 12.5. The van der Waals surface area contributed by atoms with Crippen molar-refractivity contribution < 1.29 is 53.6 Å². The Morgan fingerprint density at radius 1 is 0.661 bits per heavy atom. The fourth-order valence-electron chi connectivity index (χ4n) is 5.39. The third kappa shape index (κ3) is 9.99. The summed E-state index contributed by atoms with van der Waals surface area (Å²) in [7, 11) is 2.35. The number of ether oxygens (including phenoxy) is 2. The maximum absolute atomic E-state index is 13.2. The summed E-state index contributed by atoms with van der Waals surface area (Å²) in [5, 5.41) is 52.7. The van der Waals surface area contributed by atoms with Gasteiger partial charge in [-0.05, 0) is 84.9 Å². The lowest BCUT2D eigenvalue weighted by Gasteiger charge is -2.17. The van der Waals surface area contributed by atoms with Crippen LogP contribution in [0.3, 0.4) is 0 Å². The maximum Gasteiger partial charge on any atom is 0.339 e. The topological polar surface area (TPSA) is 278 Å². The quantitative estimate of drug-likeness (QED) is 0.0664. The van der Waals surface area contributed by atoms with Gasteiger partial charge in [-0.1, -0.05) is 11.6 Å². The van der Waals surface area contributed by atoms with Crippen LogP contribution in [0.15, 0.2) is 91.1 Å². The SMILES string of the molecule is COc1c(NC(=O)c2ccc(NC(=O)c3ccc(NC(=O)[C@H](CC#N)NC(=O)c4ccc(NC(=O)c5ccc(Cl)nc5)cc4)cc3)c(OC)c2O)ccc(C(=O)O)c1O. The zero-order valence-electron chi connectivity index (χ0n) is 30.8. The van der Waals surface area contributed by atoms with Crippen LogP contribution >= 0.6 is 11.6 Å². The Kier molecular flexibility index (Phi) is 13.3. The van der Waals surface area contributed by atoms with Crippen molar-refractivity contribution in [3.63, 3.8) is 0 Å². The maximum atomic E-state index is 13.2. The van der Waals surface area contributed by atoms with Crippen LogP contribution in [0.5, 0.6) is 23.0 Å². The number of aromatic nitrogens is 1. The molecule has 1 atom stereocenters. The van der Waals surface area contributed by atoms with Crippen LogP contribution in [0.4, 0.5) is 22.7 Å². The number of carboxylic acid groups (broad SMARTS) is 1. The summed E-state index contributed by atoms with van der Waals surface area (Å²) < 4.78 is 10.3. The van der Waals surface area contributed by atoms with Crippen LogP contribution in [0.1, 0.15) is 58.2 Å². The average molecular weight is 822 g/mol. The second-order valence-electron chi connectivity index (χ2n) is 12.2. The number of nitrogens with zero attached hydrogens (tertiary/aromatic N) is 2. The van der Waals surface area contributed by atoms with Crippen LogP contribution in [0.25, 0.3) is 0 Å². The number of aromatic hydroxyl groups is 2. The van der Waals surface area contributed by atoms with Gasteiger partial charge in [0.15, 0.2) is 23.0 Å². The summed E-state index contributed by atoms with van der Waals surface area (Å²) >= 11 is 5.76. The fraction of sp³-hybridized carbons (Fsp3) is 0.100. The van der Waals surface area contributed by atoms with E-state index in [0.29, 0.717) is 5.69 Å². The fourth-order valence-corrected chi connectivity index (χ4v) is 5.50. The van der Waals surface area contributed by atoms with Gasteiger partial charge in [0.2, 0.25) is 5.91 Å². The predicted molar refractivity (Wildman–Crippen MR) is 212 cm³/mol.